The highest BCUT2D eigenvalue weighted by molar-refractivity contribution is 5.96. The molecule has 1 aromatic carbocycles. The number of piperidine rings is 1. The van der Waals surface area contributed by atoms with E-state index in [9.17, 15) is 23.2 Å². The molecule has 4 heterocycles. The molecule has 0 unspecified atom stereocenters. The van der Waals surface area contributed by atoms with Gasteiger partial charge in [-0.05, 0) is 69.4 Å². The van der Waals surface area contributed by atoms with Crippen LogP contribution >= 0.6 is 0 Å². The van der Waals surface area contributed by atoms with Gasteiger partial charge in [0, 0.05) is 51.9 Å². The van der Waals surface area contributed by atoms with Gasteiger partial charge < -0.3 is 19.5 Å². The lowest BCUT2D eigenvalue weighted by Crippen LogP contribution is -2.48. The minimum atomic E-state index is -5.08. The number of rotatable bonds is 8. The van der Waals surface area contributed by atoms with Gasteiger partial charge in [-0.25, -0.2) is 14.8 Å². The van der Waals surface area contributed by atoms with Crippen molar-refractivity contribution in [2.45, 2.75) is 57.3 Å². The zero-order valence-electron chi connectivity index (χ0n) is 27.9. The molecular weight excluding hydrogens is 641 g/mol. The van der Waals surface area contributed by atoms with Crippen LogP contribution in [0.15, 0.2) is 30.6 Å². The van der Waals surface area contributed by atoms with Crippen LogP contribution in [-0.2, 0) is 18.4 Å². The second kappa shape index (κ2) is 15.9. The zero-order valence-corrected chi connectivity index (χ0v) is 27.9. The third-order valence-electron chi connectivity index (χ3n) is 9.46. The maximum absolute atomic E-state index is 13.9. The largest absolute Gasteiger partial charge is 0.490 e. The number of fused-ring (bicyclic) bond motifs is 1. The smallest absolute Gasteiger partial charge is 0.475 e. The molecule has 1 saturated carbocycles. The first-order valence-corrected chi connectivity index (χ1v) is 16.6. The predicted octanol–water partition coefficient (Wildman–Crippen LogP) is 3.74. The van der Waals surface area contributed by atoms with Crippen molar-refractivity contribution in [2.24, 2.45) is 13.0 Å². The molecule has 0 bridgehead atoms. The fourth-order valence-corrected chi connectivity index (χ4v) is 6.61. The summed E-state index contributed by atoms with van der Waals surface area (Å²) >= 11 is 0. The van der Waals surface area contributed by atoms with Crippen molar-refractivity contribution in [3.05, 3.63) is 47.5 Å². The number of benzene rings is 1. The van der Waals surface area contributed by atoms with E-state index in [2.05, 4.69) is 54.3 Å². The van der Waals surface area contributed by atoms with E-state index in [1.807, 2.05) is 25.2 Å². The summed E-state index contributed by atoms with van der Waals surface area (Å²) in [4.78, 5) is 43.5. The lowest BCUT2D eigenvalue weighted by Gasteiger charge is -2.38. The molecule has 1 amide bonds. The van der Waals surface area contributed by atoms with Crippen LogP contribution in [0.1, 0.15) is 60.3 Å². The van der Waals surface area contributed by atoms with E-state index in [4.69, 9.17) is 9.90 Å². The van der Waals surface area contributed by atoms with E-state index in [0.29, 0.717) is 22.5 Å². The second-order valence-electron chi connectivity index (χ2n) is 13.1. The van der Waals surface area contributed by atoms with E-state index in [1.165, 1.54) is 38.0 Å². The van der Waals surface area contributed by atoms with E-state index in [1.54, 1.807) is 15.9 Å². The third-order valence-corrected chi connectivity index (χ3v) is 9.46. The number of piperazine rings is 1. The van der Waals surface area contributed by atoms with Gasteiger partial charge in [0.2, 0.25) is 5.82 Å². The number of nitrogens with one attached hydrogen (secondary N) is 1. The number of nitriles is 1. The molecule has 2 aliphatic heterocycles. The van der Waals surface area contributed by atoms with Crippen molar-refractivity contribution >= 4 is 28.9 Å². The van der Waals surface area contributed by atoms with Crippen LogP contribution in [-0.4, -0.2) is 121 Å². The molecule has 0 atom stereocenters. The Bertz CT molecular complexity index is 1620. The SMILES string of the molecule is CN1CCC(CN2CCN(Cc3ccc(C(=O)N(Nc4nc(C#N)nc5c4ncn5C)C4CCCC4)cc3)CC2)CC1.O=C(O)C(F)(F)F. The van der Waals surface area contributed by atoms with Gasteiger partial charge in [0.05, 0.1) is 12.4 Å². The lowest BCUT2D eigenvalue weighted by molar-refractivity contribution is -0.192. The number of amides is 1. The predicted molar refractivity (Wildman–Crippen MR) is 175 cm³/mol. The van der Waals surface area contributed by atoms with Crippen molar-refractivity contribution < 1.29 is 27.9 Å². The van der Waals surface area contributed by atoms with Crippen molar-refractivity contribution in [1.29, 1.82) is 5.26 Å². The Balaban J connectivity index is 0.000000606. The summed E-state index contributed by atoms with van der Waals surface area (Å²) in [7, 11) is 4.05. The molecule has 16 heteroatoms. The van der Waals surface area contributed by atoms with Crippen molar-refractivity contribution in [1.82, 2.24) is 39.2 Å². The third kappa shape index (κ3) is 9.43. The van der Waals surface area contributed by atoms with Gasteiger partial charge in [-0.2, -0.15) is 28.4 Å². The summed E-state index contributed by atoms with van der Waals surface area (Å²) in [6.07, 6.45) is 3.19. The number of hydrogen-bond acceptors (Lipinski definition) is 10. The van der Waals surface area contributed by atoms with Crippen LogP contribution in [0.25, 0.3) is 11.2 Å². The van der Waals surface area contributed by atoms with Crippen LogP contribution in [0, 0.1) is 17.2 Å². The van der Waals surface area contributed by atoms with Crippen molar-refractivity contribution in [3.63, 3.8) is 0 Å². The number of carbonyl (C=O) groups excluding carboxylic acids is 1. The van der Waals surface area contributed by atoms with E-state index in [0.717, 1.165) is 64.3 Å². The number of aromatic nitrogens is 4. The number of hydrazine groups is 1. The number of nitrogens with zero attached hydrogens (tertiary/aromatic N) is 9. The van der Waals surface area contributed by atoms with E-state index < -0.39 is 12.1 Å². The number of hydrogen-bond donors (Lipinski definition) is 2. The number of carboxylic acids is 1. The lowest BCUT2D eigenvalue weighted by atomic mass is 9.96. The molecule has 2 saturated heterocycles. The number of carboxylic acid groups (broad SMARTS) is 1. The molecule has 0 radical (unpaired) electrons. The highest BCUT2D eigenvalue weighted by Gasteiger charge is 2.38. The topological polar surface area (TPSA) is 147 Å². The first kappa shape index (κ1) is 36.0. The van der Waals surface area contributed by atoms with Gasteiger partial charge in [-0.1, -0.05) is 25.0 Å². The molecule has 0 spiro atoms. The van der Waals surface area contributed by atoms with Crippen LogP contribution < -0.4 is 5.43 Å². The first-order valence-electron chi connectivity index (χ1n) is 16.6. The maximum atomic E-state index is 13.9. The number of imidazole rings is 1. The highest BCUT2D eigenvalue weighted by Crippen LogP contribution is 2.28. The number of aryl methyl sites for hydroxylation is 1. The normalized spacial score (nSPS) is 18.5. The summed E-state index contributed by atoms with van der Waals surface area (Å²) in [6, 6.07) is 10.1. The summed E-state index contributed by atoms with van der Waals surface area (Å²) in [5, 5.41) is 18.3. The van der Waals surface area contributed by atoms with Crippen LogP contribution in [0.4, 0.5) is 19.0 Å². The minimum absolute atomic E-state index is 0.0411. The Morgan fingerprint density at radius 3 is 2.18 bits per heavy atom. The van der Waals surface area contributed by atoms with Gasteiger partial charge in [-0.3, -0.25) is 15.1 Å². The van der Waals surface area contributed by atoms with Gasteiger partial charge in [0.15, 0.2) is 17.0 Å². The fourth-order valence-electron chi connectivity index (χ4n) is 6.61. The number of aliphatic carboxylic acids is 1. The van der Waals surface area contributed by atoms with Gasteiger partial charge in [-0.15, -0.1) is 0 Å². The Morgan fingerprint density at radius 1 is 0.980 bits per heavy atom. The Labute approximate surface area is 283 Å². The molecule has 3 aromatic rings. The maximum Gasteiger partial charge on any atom is 0.490 e. The average Bonchev–Trinajstić information content (AvgIpc) is 3.76. The average molecular weight is 685 g/mol. The number of anilines is 1. The van der Waals surface area contributed by atoms with Crippen LogP contribution in [0.5, 0.6) is 0 Å². The summed E-state index contributed by atoms with van der Waals surface area (Å²) in [5.74, 6) is -1.60. The molecule has 264 valence electrons. The second-order valence-corrected chi connectivity index (χ2v) is 13.1. The molecule has 1 aliphatic carbocycles. The molecule has 6 rings (SSSR count). The van der Waals surface area contributed by atoms with Gasteiger partial charge in [0.25, 0.3) is 5.91 Å². The van der Waals surface area contributed by atoms with Crippen molar-refractivity contribution in [3.8, 4) is 6.07 Å². The number of likely N-dealkylation sites (tertiary alicyclic amines) is 1. The summed E-state index contributed by atoms with van der Waals surface area (Å²) < 4.78 is 33.5. The molecule has 49 heavy (non-hydrogen) atoms. The molecule has 13 nitrogen and oxygen atoms in total. The van der Waals surface area contributed by atoms with Gasteiger partial charge in [0.1, 0.15) is 6.07 Å². The number of halogens is 3. The van der Waals surface area contributed by atoms with Crippen molar-refractivity contribution in [2.75, 3.05) is 58.3 Å². The molecule has 2 aromatic heterocycles. The Kier molecular flexibility index (Phi) is 11.7. The Hall–Kier alpha value is -4.33. The number of carbonyl (C=O) groups is 2. The minimum Gasteiger partial charge on any atom is -0.475 e. The van der Waals surface area contributed by atoms with Crippen LogP contribution in [0.2, 0.25) is 0 Å². The monoisotopic (exact) mass is 684 g/mol. The molecule has 3 aliphatic rings. The molecule has 3 fully saturated rings. The number of alkyl halides is 3. The van der Waals surface area contributed by atoms with E-state index in [-0.39, 0.29) is 17.8 Å². The fraction of sp³-hybridized carbons (Fsp3) is 0.576. The summed E-state index contributed by atoms with van der Waals surface area (Å²) in [5.41, 5.74) is 6.20. The first-order chi connectivity index (χ1) is 23.4. The quantitative estimate of drug-likeness (QED) is 0.335. The van der Waals surface area contributed by atoms with Crippen LogP contribution in [0.3, 0.4) is 0 Å². The zero-order chi connectivity index (χ0) is 35.1. The molecule has 2 N–H and O–H groups in total. The standard InChI is InChI=1S/C31H42N10O.C2HF3O2/c1-37-13-11-24(12-14-37)21-40-17-15-39(16-18-40)20-23-7-9-25(10-8-23)31(42)41(26-5-3-4-6-26)36-29-28-30(38(2)22-33-28)35-27(19-32)34-29;3-2(4,5)1(6)7/h7-10,22,24,26H,3-6,11-18,20-21H2,1-2H3,(H,34,35,36);(H,6,7). The van der Waals surface area contributed by atoms with Gasteiger partial charge >= 0.3 is 12.1 Å². The molecular formula is C33H43F3N10O3. The summed E-state index contributed by atoms with van der Waals surface area (Å²) in [6.45, 7) is 9.02. The van der Waals surface area contributed by atoms with E-state index >= 15 is 0 Å². The Morgan fingerprint density at radius 2 is 1.59 bits per heavy atom. The highest BCUT2D eigenvalue weighted by atomic mass is 19.4.